The molecule has 7 nitrogen and oxygen atoms in total. The second kappa shape index (κ2) is 7.54. The molecule has 0 radical (unpaired) electrons. The first-order chi connectivity index (χ1) is 12.7. The monoisotopic (exact) mass is 467 g/mol. The van der Waals surface area contributed by atoms with Crippen LogP contribution in [0, 0.1) is 9.39 Å². The average Bonchev–Trinajstić information content (AvgIpc) is 3.15. The molecule has 0 spiro atoms. The maximum Gasteiger partial charge on any atom is 0.318 e. The summed E-state index contributed by atoms with van der Waals surface area (Å²) in [5.74, 6) is 0.00792. The smallest absolute Gasteiger partial charge is 0.318 e. The van der Waals surface area contributed by atoms with Gasteiger partial charge in [0.15, 0.2) is 0 Å². The minimum absolute atomic E-state index is 0.341. The number of rotatable bonds is 4. The van der Waals surface area contributed by atoms with Crippen molar-refractivity contribution in [2.75, 3.05) is 36.5 Å². The van der Waals surface area contributed by atoms with Crippen LogP contribution in [0.4, 0.5) is 21.8 Å². The number of halogens is 2. The SMILES string of the molecule is Fc1cc(I)ccc1Nc1cnccc1-c1nnc(N2CCOCC2)o1. The first kappa shape index (κ1) is 17.2. The van der Waals surface area contributed by atoms with Crippen LogP contribution in [0.25, 0.3) is 11.5 Å². The summed E-state index contributed by atoms with van der Waals surface area (Å²) >= 11 is 2.07. The van der Waals surface area contributed by atoms with Crippen molar-refractivity contribution >= 4 is 40.0 Å². The van der Waals surface area contributed by atoms with Gasteiger partial charge in [0, 0.05) is 22.9 Å². The summed E-state index contributed by atoms with van der Waals surface area (Å²) in [4.78, 5) is 6.09. The fraction of sp³-hybridized carbons (Fsp3) is 0.235. The van der Waals surface area contributed by atoms with Gasteiger partial charge in [0.2, 0.25) is 0 Å². The maximum atomic E-state index is 14.2. The molecule has 1 aliphatic heterocycles. The van der Waals surface area contributed by atoms with Crippen molar-refractivity contribution in [2.24, 2.45) is 0 Å². The standard InChI is InChI=1S/C17H15FIN5O2/c18-13-9-11(19)1-2-14(13)21-15-10-20-4-3-12(15)16-22-23-17(26-16)24-5-7-25-8-6-24/h1-4,9-10,21H,5-8H2. The van der Waals surface area contributed by atoms with E-state index < -0.39 is 0 Å². The molecule has 1 saturated heterocycles. The molecule has 0 amide bonds. The number of aromatic nitrogens is 3. The number of hydrogen-bond acceptors (Lipinski definition) is 7. The molecule has 0 bridgehead atoms. The molecule has 3 heterocycles. The third kappa shape index (κ3) is 3.63. The van der Waals surface area contributed by atoms with Crippen LogP contribution in [0.5, 0.6) is 0 Å². The van der Waals surface area contributed by atoms with Crippen LogP contribution in [0.1, 0.15) is 0 Å². The van der Waals surface area contributed by atoms with Crippen LogP contribution in [-0.4, -0.2) is 41.5 Å². The summed E-state index contributed by atoms with van der Waals surface area (Å²) in [6, 6.07) is 7.17. The van der Waals surface area contributed by atoms with Crippen LogP contribution < -0.4 is 10.2 Å². The van der Waals surface area contributed by atoms with Crippen molar-refractivity contribution in [1.29, 1.82) is 0 Å². The first-order valence-electron chi connectivity index (χ1n) is 8.03. The minimum atomic E-state index is -0.341. The highest BCUT2D eigenvalue weighted by atomic mass is 127. The van der Waals surface area contributed by atoms with E-state index in [9.17, 15) is 4.39 Å². The Balaban J connectivity index is 1.62. The van der Waals surface area contributed by atoms with Gasteiger partial charge in [-0.25, -0.2) is 4.39 Å². The van der Waals surface area contributed by atoms with E-state index in [1.807, 2.05) is 11.0 Å². The number of benzene rings is 1. The van der Waals surface area contributed by atoms with E-state index in [1.165, 1.54) is 6.07 Å². The third-order valence-corrected chi connectivity index (χ3v) is 4.62. The molecule has 0 atom stereocenters. The Morgan fingerprint density at radius 3 is 2.77 bits per heavy atom. The summed E-state index contributed by atoms with van der Waals surface area (Å²) in [5.41, 5.74) is 1.60. The molecular formula is C17H15FIN5O2. The predicted octanol–water partition coefficient (Wildman–Crippen LogP) is 3.46. The number of hydrogen-bond donors (Lipinski definition) is 1. The summed E-state index contributed by atoms with van der Waals surface area (Å²) < 4.78 is 26.1. The van der Waals surface area contributed by atoms with Crippen molar-refractivity contribution in [2.45, 2.75) is 0 Å². The summed E-state index contributed by atoms with van der Waals surface area (Å²) in [6.07, 6.45) is 3.23. The van der Waals surface area contributed by atoms with Crippen molar-refractivity contribution in [3.8, 4) is 11.5 Å². The largest absolute Gasteiger partial charge is 0.403 e. The second-order valence-corrected chi connectivity index (χ2v) is 6.91. The molecule has 1 N–H and O–H groups in total. The van der Waals surface area contributed by atoms with Crippen molar-refractivity contribution < 1.29 is 13.5 Å². The summed E-state index contributed by atoms with van der Waals surface area (Å²) in [6.45, 7) is 2.67. The van der Waals surface area contributed by atoms with Crippen LogP contribution in [0.15, 0.2) is 41.1 Å². The van der Waals surface area contributed by atoms with Gasteiger partial charge < -0.3 is 19.4 Å². The Labute approximate surface area is 162 Å². The molecule has 3 aromatic rings. The van der Waals surface area contributed by atoms with E-state index in [2.05, 4.69) is 43.1 Å². The summed E-state index contributed by atoms with van der Waals surface area (Å²) in [5, 5.41) is 11.3. The molecular weight excluding hydrogens is 452 g/mol. The van der Waals surface area contributed by atoms with Gasteiger partial charge in [0.05, 0.1) is 36.3 Å². The van der Waals surface area contributed by atoms with Gasteiger partial charge in [-0.1, -0.05) is 5.10 Å². The second-order valence-electron chi connectivity index (χ2n) is 5.66. The lowest BCUT2D eigenvalue weighted by Gasteiger charge is -2.24. The van der Waals surface area contributed by atoms with Crippen LogP contribution in [0.2, 0.25) is 0 Å². The van der Waals surface area contributed by atoms with Gasteiger partial charge in [-0.2, -0.15) is 0 Å². The molecule has 0 saturated carbocycles. The molecule has 4 rings (SSSR count). The molecule has 9 heteroatoms. The molecule has 26 heavy (non-hydrogen) atoms. The Hall–Kier alpha value is -2.27. The topological polar surface area (TPSA) is 76.3 Å². The third-order valence-electron chi connectivity index (χ3n) is 3.95. The Bertz CT molecular complexity index is 914. The highest BCUT2D eigenvalue weighted by molar-refractivity contribution is 14.1. The zero-order chi connectivity index (χ0) is 17.9. The normalized spacial score (nSPS) is 14.5. The Kier molecular flexibility index (Phi) is 4.98. The zero-order valence-corrected chi connectivity index (χ0v) is 15.8. The van der Waals surface area contributed by atoms with E-state index in [-0.39, 0.29) is 5.82 Å². The van der Waals surface area contributed by atoms with Gasteiger partial charge in [-0.15, -0.1) is 5.10 Å². The van der Waals surface area contributed by atoms with E-state index in [0.717, 1.165) is 3.57 Å². The molecule has 2 aromatic heterocycles. The van der Waals surface area contributed by atoms with Gasteiger partial charge >= 0.3 is 6.01 Å². The molecule has 0 unspecified atom stereocenters. The first-order valence-corrected chi connectivity index (χ1v) is 9.11. The van der Waals surface area contributed by atoms with Gasteiger partial charge in [-0.3, -0.25) is 4.98 Å². The highest BCUT2D eigenvalue weighted by Gasteiger charge is 2.19. The molecule has 1 aliphatic rings. The Morgan fingerprint density at radius 1 is 1.12 bits per heavy atom. The Morgan fingerprint density at radius 2 is 1.96 bits per heavy atom. The van der Waals surface area contributed by atoms with Crippen molar-refractivity contribution in [1.82, 2.24) is 15.2 Å². The van der Waals surface area contributed by atoms with Gasteiger partial charge in [0.25, 0.3) is 5.89 Å². The minimum Gasteiger partial charge on any atom is -0.403 e. The van der Waals surface area contributed by atoms with E-state index in [0.29, 0.717) is 55.1 Å². The van der Waals surface area contributed by atoms with E-state index >= 15 is 0 Å². The fourth-order valence-corrected chi connectivity index (χ4v) is 3.08. The number of morpholine rings is 1. The lowest BCUT2D eigenvalue weighted by Crippen LogP contribution is -2.36. The predicted molar refractivity (Wildman–Crippen MR) is 103 cm³/mol. The number of nitrogens with one attached hydrogen (secondary N) is 1. The fourth-order valence-electron chi connectivity index (χ4n) is 2.62. The maximum absolute atomic E-state index is 14.2. The number of nitrogens with zero attached hydrogens (tertiary/aromatic N) is 4. The zero-order valence-electron chi connectivity index (χ0n) is 13.7. The summed E-state index contributed by atoms with van der Waals surface area (Å²) in [7, 11) is 0. The van der Waals surface area contributed by atoms with E-state index in [4.69, 9.17) is 9.15 Å². The van der Waals surface area contributed by atoms with Gasteiger partial charge in [-0.05, 0) is 46.9 Å². The van der Waals surface area contributed by atoms with Gasteiger partial charge in [0.1, 0.15) is 5.82 Å². The highest BCUT2D eigenvalue weighted by Crippen LogP contribution is 2.31. The van der Waals surface area contributed by atoms with Crippen LogP contribution in [0.3, 0.4) is 0 Å². The molecule has 0 aliphatic carbocycles. The number of anilines is 3. The lowest BCUT2D eigenvalue weighted by molar-refractivity contribution is 0.120. The van der Waals surface area contributed by atoms with Crippen molar-refractivity contribution in [3.05, 3.63) is 46.0 Å². The molecule has 1 aromatic carbocycles. The number of pyridine rings is 1. The van der Waals surface area contributed by atoms with Crippen LogP contribution >= 0.6 is 22.6 Å². The molecule has 1 fully saturated rings. The number of ether oxygens (including phenoxy) is 1. The molecule has 134 valence electrons. The van der Waals surface area contributed by atoms with Crippen molar-refractivity contribution in [3.63, 3.8) is 0 Å². The van der Waals surface area contributed by atoms with Crippen LogP contribution in [-0.2, 0) is 4.74 Å². The lowest BCUT2D eigenvalue weighted by atomic mass is 10.2. The van der Waals surface area contributed by atoms with E-state index in [1.54, 1.807) is 24.5 Å². The quantitative estimate of drug-likeness (QED) is 0.590. The average molecular weight is 467 g/mol.